The molecule has 0 atom stereocenters. The van der Waals surface area contributed by atoms with Gasteiger partial charge in [-0.3, -0.25) is 4.79 Å². The molecule has 1 saturated carbocycles. The summed E-state index contributed by atoms with van der Waals surface area (Å²) in [5.74, 6) is -1.24. The number of carbonyl (C=O) groups is 2. The first kappa shape index (κ1) is 16.0. The Morgan fingerprint density at radius 1 is 1.29 bits per heavy atom. The molecule has 2 rings (SSSR count). The largest absolute Gasteiger partial charge is 0.478 e. The molecular weight excluding hydrogens is 336 g/mol. The molecule has 6 heteroatoms. The lowest BCUT2D eigenvalue weighted by molar-refractivity contribution is -0.126. The van der Waals surface area contributed by atoms with Crippen molar-refractivity contribution >= 4 is 33.5 Å². The number of nitrogens with two attached hydrogens (primary N) is 1. The molecule has 21 heavy (non-hydrogen) atoms. The van der Waals surface area contributed by atoms with Crippen LogP contribution in [0.5, 0.6) is 0 Å². The molecule has 0 aliphatic heterocycles. The van der Waals surface area contributed by atoms with Crippen molar-refractivity contribution in [2.75, 3.05) is 11.9 Å². The summed E-state index contributed by atoms with van der Waals surface area (Å²) in [6.07, 6.45) is 4.60. The predicted octanol–water partition coefficient (Wildman–Crippen LogP) is 3.00. The van der Waals surface area contributed by atoms with Crippen molar-refractivity contribution in [3.63, 3.8) is 0 Å². The molecule has 1 amide bonds. The summed E-state index contributed by atoms with van der Waals surface area (Å²) in [5, 5.41) is 12.0. The standard InChI is InChI=1S/C15H19BrN2O3/c16-10-4-5-12(11(8-10)13(19)20)18-14(21)15(9-17)6-2-1-3-7-15/h4-5,8H,1-3,6-7,9,17H2,(H,18,21)(H,19,20). The van der Waals surface area contributed by atoms with Crippen molar-refractivity contribution in [2.24, 2.45) is 11.1 Å². The number of hydrogen-bond acceptors (Lipinski definition) is 3. The summed E-state index contributed by atoms with van der Waals surface area (Å²) in [4.78, 5) is 23.9. The van der Waals surface area contributed by atoms with Crippen LogP contribution < -0.4 is 11.1 Å². The average molecular weight is 355 g/mol. The van der Waals surface area contributed by atoms with Crippen LogP contribution in [0.25, 0.3) is 0 Å². The van der Waals surface area contributed by atoms with Gasteiger partial charge in [0.1, 0.15) is 0 Å². The first-order chi connectivity index (χ1) is 9.98. The first-order valence-corrected chi connectivity index (χ1v) is 7.82. The van der Waals surface area contributed by atoms with Crippen LogP contribution in [-0.2, 0) is 4.79 Å². The van der Waals surface area contributed by atoms with E-state index in [0.717, 1.165) is 32.1 Å². The Morgan fingerprint density at radius 2 is 1.95 bits per heavy atom. The highest BCUT2D eigenvalue weighted by Crippen LogP contribution is 2.36. The van der Waals surface area contributed by atoms with Crippen LogP contribution in [0.3, 0.4) is 0 Å². The van der Waals surface area contributed by atoms with Crippen molar-refractivity contribution in [3.05, 3.63) is 28.2 Å². The highest BCUT2D eigenvalue weighted by molar-refractivity contribution is 9.10. The van der Waals surface area contributed by atoms with Gasteiger partial charge in [0.15, 0.2) is 0 Å². The average Bonchev–Trinajstić information content (AvgIpc) is 2.49. The van der Waals surface area contributed by atoms with Gasteiger partial charge >= 0.3 is 5.97 Å². The number of halogens is 1. The lowest BCUT2D eigenvalue weighted by Gasteiger charge is -2.34. The summed E-state index contributed by atoms with van der Waals surface area (Å²) >= 11 is 3.24. The number of anilines is 1. The van der Waals surface area contributed by atoms with Gasteiger partial charge in [-0.1, -0.05) is 35.2 Å². The first-order valence-electron chi connectivity index (χ1n) is 7.03. The topological polar surface area (TPSA) is 92.4 Å². The lowest BCUT2D eigenvalue weighted by Crippen LogP contribution is -2.44. The van der Waals surface area contributed by atoms with Gasteiger partial charge in [0.25, 0.3) is 0 Å². The number of carboxylic acid groups (broad SMARTS) is 1. The molecule has 5 nitrogen and oxygen atoms in total. The van der Waals surface area contributed by atoms with Gasteiger partial charge < -0.3 is 16.2 Å². The van der Waals surface area contributed by atoms with E-state index >= 15 is 0 Å². The van der Waals surface area contributed by atoms with Crippen LogP contribution in [-0.4, -0.2) is 23.5 Å². The Labute approximate surface area is 132 Å². The van der Waals surface area contributed by atoms with Crippen molar-refractivity contribution in [2.45, 2.75) is 32.1 Å². The third-order valence-corrected chi connectivity index (χ3v) is 4.64. The second-order valence-corrected chi connectivity index (χ2v) is 6.41. The normalized spacial score (nSPS) is 17.2. The minimum absolute atomic E-state index is 0.0701. The maximum Gasteiger partial charge on any atom is 0.337 e. The zero-order chi connectivity index (χ0) is 15.5. The number of rotatable bonds is 4. The number of benzene rings is 1. The molecule has 1 aliphatic rings. The zero-order valence-corrected chi connectivity index (χ0v) is 13.3. The van der Waals surface area contributed by atoms with E-state index in [9.17, 15) is 14.7 Å². The number of nitrogens with one attached hydrogen (secondary N) is 1. The van der Waals surface area contributed by atoms with Gasteiger partial charge in [0.05, 0.1) is 16.7 Å². The fraction of sp³-hybridized carbons (Fsp3) is 0.467. The minimum atomic E-state index is -1.07. The van der Waals surface area contributed by atoms with Crippen molar-refractivity contribution in [1.82, 2.24) is 0 Å². The molecule has 0 bridgehead atoms. The Balaban J connectivity index is 2.24. The fourth-order valence-electron chi connectivity index (χ4n) is 2.81. The van der Waals surface area contributed by atoms with Crippen LogP contribution in [0.15, 0.2) is 22.7 Å². The molecule has 1 fully saturated rings. The lowest BCUT2D eigenvalue weighted by atomic mass is 9.73. The third kappa shape index (κ3) is 3.44. The van der Waals surface area contributed by atoms with Gasteiger partial charge in [0, 0.05) is 11.0 Å². The maximum atomic E-state index is 12.6. The summed E-state index contributed by atoms with van der Waals surface area (Å²) in [5.41, 5.74) is 5.65. The Hall–Kier alpha value is -1.40. The number of aromatic carboxylic acids is 1. The smallest absolute Gasteiger partial charge is 0.337 e. The zero-order valence-electron chi connectivity index (χ0n) is 11.7. The molecule has 0 saturated heterocycles. The fourth-order valence-corrected chi connectivity index (χ4v) is 3.17. The monoisotopic (exact) mass is 354 g/mol. The van der Waals surface area contributed by atoms with Crippen molar-refractivity contribution < 1.29 is 14.7 Å². The molecule has 0 unspecified atom stereocenters. The van der Waals surface area contributed by atoms with E-state index in [0.29, 0.717) is 10.2 Å². The van der Waals surface area contributed by atoms with E-state index in [4.69, 9.17) is 5.73 Å². The molecule has 0 spiro atoms. The molecule has 4 N–H and O–H groups in total. The summed E-state index contributed by atoms with van der Waals surface area (Å²) in [6.45, 7) is 0.289. The van der Waals surface area contributed by atoms with Crippen molar-refractivity contribution in [3.8, 4) is 0 Å². The highest BCUT2D eigenvalue weighted by atomic mass is 79.9. The van der Waals surface area contributed by atoms with Crippen LogP contribution in [0.4, 0.5) is 5.69 Å². The maximum absolute atomic E-state index is 12.6. The van der Waals surface area contributed by atoms with Gasteiger partial charge in [-0.2, -0.15) is 0 Å². The molecule has 0 heterocycles. The van der Waals surface area contributed by atoms with E-state index in [-0.39, 0.29) is 18.0 Å². The van der Waals surface area contributed by atoms with Crippen LogP contribution in [0, 0.1) is 5.41 Å². The van der Waals surface area contributed by atoms with Gasteiger partial charge in [-0.25, -0.2) is 4.79 Å². The van der Waals surface area contributed by atoms with E-state index in [1.165, 1.54) is 6.07 Å². The molecule has 1 aromatic carbocycles. The highest BCUT2D eigenvalue weighted by Gasteiger charge is 2.38. The summed E-state index contributed by atoms with van der Waals surface area (Å²) < 4.78 is 0.657. The number of amides is 1. The van der Waals surface area contributed by atoms with Crippen LogP contribution in [0.2, 0.25) is 0 Å². The second kappa shape index (κ2) is 6.58. The Bertz CT molecular complexity index is 554. The van der Waals surface area contributed by atoms with Gasteiger partial charge in [-0.15, -0.1) is 0 Å². The number of hydrogen-bond donors (Lipinski definition) is 3. The second-order valence-electron chi connectivity index (χ2n) is 5.49. The predicted molar refractivity (Wildman–Crippen MR) is 84.3 cm³/mol. The molecular formula is C15H19BrN2O3. The van der Waals surface area contributed by atoms with E-state index in [2.05, 4.69) is 21.2 Å². The quantitative estimate of drug-likeness (QED) is 0.774. The summed E-state index contributed by atoms with van der Waals surface area (Å²) in [6, 6.07) is 4.78. The molecule has 0 radical (unpaired) electrons. The van der Waals surface area contributed by atoms with E-state index in [1.807, 2.05) is 0 Å². The number of carbonyl (C=O) groups excluding carboxylic acids is 1. The van der Waals surface area contributed by atoms with E-state index < -0.39 is 11.4 Å². The number of carboxylic acids is 1. The Morgan fingerprint density at radius 3 is 2.52 bits per heavy atom. The molecule has 114 valence electrons. The molecule has 1 aromatic rings. The van der Waals surface area contributed by atoms with Crippen LogP contribution in [0.1, 0.15) is 42.5 Å². The molecule has 0 aromatic heterocycles. The Kier molecular flexibility index (Phi) is 5.00. The van der Waals surface area contributed by atoms with Gasteiger partial charge in [-0.05, 0) is 31.0 Å². The summed E-state index contributed by atoms with van der Waals surface area (Å²) in [7, 11) is 0. The van der Waals surface area contributed by atoms with Crippen molar-refractivity contribution in [1.29, 1.82) is 0 Å². The van der Waals surface area contributed by atoms with Gasteiger partial charge in [0.2, 0.25) is 5.91 Å². The van der Waals surface area contributed by atoms with Crippen LogP contribution >= 0.6 is 15.9 Å². The molecule has 1 aliphatic carbocycles. The minimum Gasteiger partial charge on any atom is -0.478 e. The SMILES string of the molecule is NCC1(C(=O)Nc2ccc(Br)cc2C(=O)O)CCCCC1. The van der Waals surface area contributed by atoms with E-state index in [1.54, 1.807) is 12.1 Å². The third-order valence-electron chi connectivity index (χ3n) is 4.14.